The van der Waals surface area contributed by atoms with E-state index in [1.807, 2.05) is 0 Å². The molecule has 0 aromatic rings. The maximum absolute atomic E-state index is 6.90. The highest BCUT2D eigenvalue weighted by Gasteiger charge is 2.80. The van der Waals surface area contributed by atoms with Crippen LogP contribution in [0.1, 0.15) is 6.92 Å². The minimum Gasteiger partial charge on any atom is -0.400 e. The largest absolute Gasteiger partial charge is 0.400 e. The third kappa shape index (κ3) is 2.75. The van der Waals surface area contributed by atoms with Crippen molar-refractivity contribution in [3.8, 4) is 0 Å². The standard InChI is InChI=1S/C14H40O2Si6/c1-14(15-18(5,6)17(2,3)4)16-22(13)20(9,10)19(7,8)21(22,11)12/h14H,1-13H3. The van der Waals surface area contributed by atoms with E-state index in [0.29, 0.717) is 0 Å². The second-order valence-corrected chi connectivity index (χ2v) is 72.6. The van der Waals surface area contributed by atoms with E-state index in [1.54, 1.807) is 0 Å². The Morgan fingerprint density at radius 2 is 1.05 bits per heavy atom. The van der Waals surface area contributed by atoms with Crippen LogP contribution in [0.5, 0.6) is 0 Å². The van der Waals surface area contributed by atoms with Gasteiger partial charge in [0.05, 0.1) is 21.8 Å². The number of hydrogen-bond donors (Lipinski definition) is 0. The molecule has 0 aromatic carbocycles. The topological polar surface area (TPSA) is 18.5 Å². The summed E-state index contributed by atoms with van der Waals surface area (Å²) < 4.78 is 13.5. The average molecular weight is 409 g/mol. The van der Waals surface area contributed by atoms with Crippen LogP contribution in [-0.4, -0.2) is 50.4 Å². The van der Waals surface area contributed by atoms with Crippen molar-refractivity contribution < 1.29 is 8.85 Å². The molecule has 0 bridgehead atoms. The molecule has 1 fully saturated rings. The Hall–Kier alpha value is 1.22. The molecule has 2 nitrogen and oxygen atoms in total. The Kier molecular flexibility index (Phi) is 5.43. The lowest BCUT2D eigenvalue weighted by atomic mass is 10.8. The summed E-state index contributed by atoms with van der Waals surface area (Å²) in [4.78, 5) is 0. The van der Waals surface area contributed by atoms with Crippen molar-refractivity contribution in [3.05, 3.63) is 0 Å². The van der Waals surface area contributed by atoms with Crippen LogP contribution >= 0.6 is 0 Å². The summed E-state index contributed by atoms with van der Waals surface area (Å²) in [6.45, 7) is 32.8. The zero-order valence-electron chi connectivity index (χ0n) is 17.4. The van der Waals surface area contributed by atoms with E-state index in [1.165, 1.54) is 0 Å². The van der Waals surface area contributed by atoms with Gasteiger partial charge in [0.1, 0.15) is 6.29 Å². The van der Waals surface area contributed by atoms with Crippen LogP contribution in [0, 0.1) is 0 Å². The Morgan fingerprint density at radius 1 is 0.682 bits per heavy atom. The molecule has 22 heavy (non-hydrogen) atoms. The van der Waals surface area contributed by atoms with Gasteiger partial charge in [0.2, 0.25) is 0 Å². The van der Waals surface area contributed by atoms with Crippen LogP contribution < -0.4 is 0 Å². The van der Waals surface area contributed by atoms with E-state index in [2.05, 4.69) is 85.5 Å². The summed E-state index contributed by atoms with van der Waals surface area (Å²) >= 11 is 0. The van der Waals surface area contributed by atoms with Crippen molar-refractivity contribution in [2.75, 3.05) is 0 Å². The van der Waals surface area contributed by atoms with Gasteiger partial charge in [-0.15, -0.1) is 0 Å². The number of rotatable bonds is 5. The third-order valence-corrected chi connectivity index (χ3v) is 121. The van der Waals surface area contributed by atoms with Crippen molar-refractivity contribution in [1.29, 1.82) is 0 Å². The Bertz CT molecular complexity index is 421. The summed E-state index contributed by atoms with van der Waals surface area (Å²) in [6.07, 6.45) is 0.0220. The molecule has 132 valence electrons. The van der Waals surface area contributed by atoms with Gasteiger partial charge in [-0.1, -0.05) is 65.5 Å². The van der Waals surface area contributed by atoms with Crippen molar-refractivity contribution >= 4 is 44.1 Å². The maximum Gasteiger partial charge on any atom is 0.176 e. The van der Waals surface area contributed by atoms with E-state index in [0.717, 1.165) is 0 Å². The lowest BCUT2D eigenvalue weighted by Crippen LogP contribution is -3.02. The molecule has 0 aromatic heterocycles. The molecule has 1 aliphatic heterocycles. The average Bonchev–Trinajstić information content (AvgIpc) is 2.24. The smallest absolute Gasteiger partial charge is 0.176 e. The van der Waals surface area contributed by atoms with Crippen molar-refractivity contribution in [2.45, 2.75) is 91.8 Å². The molecule has 0 saturated carbocycles. The highest BCUT2D eigenvalue weighted by Crippen LogP contribution is 2.52. The Morgan fingerprint density at radius 3 is 1.36 bits per heavy atom. The Balaban J connectivity index is 2.96. The maximum atomic E-state index is 6.90. The molecule has 1 heterocycles. The second-order valence-electron chi connectivity index (χ2n) is 10.5. The van der Waals surface area contributed by atoms with Gasteiger partial charge in [0, 0.05) is 7.11 Å². The zero-order valence-corrected chi connectivity index (χ0v) is 23.4. The summed E-state index contributed by atoms with van der Waals surface area (Å²) in [5.41, 5.74) is 0. The highest BCUT2D eigenvalue weighted by molar-refractivity contribution is 8.12. The van der Waals surface area contributed by atoms with Crippen molar-refractivity contribution in [3.63, 3.8) is 0 Å². The quantitative estimate of drug-likeness (QED) is 0.470. The van der Waals surface area contributed by atoms with Crippen LogP contribution in [0.4, 0.5) is 0 Å². The highest BCUT2D eigenvalue weighted by atomic mass is 30.2. The first-order chi connectivity index (χ1) is 9.35. The molecular weight excluding hydrogens is 369 g/mol. The van der Waals surface area contributed by atoms with Gasteiger partial charge in [0.15, 0.2) is 15.2 Å². The van der Waals surface area contributed by atoms with Crippen molar-refractivity contribution in [1.82, 2.24) is 0 Å². The van der Waals surface area contributed by atoms with E-state index >= 15 is 0 Å². The lowest BCUT2D eigenvalue weighted by Gasteiger charge is -2.72. The van der Waals surface area contributed by atoms with Gasteiger partial charge < -0.3 is 8.85 Å². The normalized spacial score (nSPS) is 27.1. The number of hydrogen-bond acceptors (Lipinski definition) is 2. The van der Waals surface area contributed by atoms with Gasteiger partial charge in [0.25, 0.3) is 0 Å². The summed E-state index contributed by atoms with van der Waals surface area (Å²) in [5.74, 6) is 0. The van der Waals surface area contributed by atoms with Crippen molar-refractivity contribution in [2.24, 2.45) is 0 Å². The SMILES string of the molecule is CC(O[Si](C)(C)[Si](C)(C)C)O[Si]1(C)[Si](C)(C)[Si](C)(C)[Si]1(C)C. The molecule has 0 N–H and O–H groups in total. The molecule has 0 radical (unpaired) electrons. The van der Waals surface area contributed by atoms with E-state index in [4.69, 9.17) is 8.85 Å². The molecule has 1 saturated heterocycles. The van der Waals surface area contributed by atoms with Gasteiger partial charge in [-0.25, -0.2) is 0 Å². The van der Waals surface area contributed by atoms with Crippen LogP contribution in [-0.2, 0) is 8.85 Å². The van der Waals surface area contributed by atoms with Crippen LogP contribution in [0.15, 0.2) is 0 Å². The second kappa shape index (κ2) is 5.61. The molecule has 0 spiro atoms. The van der Waals surface area contributed by atoms with Crippen LogP contribution in [0.2, 0.25) is 78.6 Å². The fourth-order valence-corrected chi connectivity index (χ4v) is 135. The molecular formula is C14H40O2Si6. The predicted molar refractivity (Wildman–Crippen MR) is 117 cm³/mol. The molecule has 1 unspecified atom stereocenters. The molecule has 0 amide bonds. The van der Waals surface area contributed by atoms with Gasteiger partial charge >= 0.3 is 0 Å². The van der Waals surface area contributed by atoms with E-state index in [-0.39, 0.29) is 6.29 Å². The lowest BCUT2D eigenvalue weighted by molar-refractivity contribution is 0.0160. The minimum absolute atomic E-state index is 0.0220. The third-order valence-electron chi connectivity index (χ3n) is 8.18. The van der Waals surface area contributed by atoms with E-state index in [9.17, 15) is 0 Å². The molecule has 1 aliphatic rings. The summed E-state index contributed by atoms with van der Waals surface area (Å²) in [5, 5.41) is 0. The molecule has 0 aliphatic carbocycles. The van der Waals surface area contributed by atoms with Crippen LogP contribution in [0.3, 0.4) is 0 Å². The minimum atomic E-state index is -1.61. The fraction of sp³-hybridized carbons (Fsp3) is 1.00. The molecule has 1 rings (SSSR count). The Labute approximate surface area is 144 Å². The summed E-state index contributed by atoms with van der Waals surface area (Å²) in [7, 11) is -7.79. The predicted octanol–water partition coefficient (Wildman–Crippen LogP) is 5.02. The first-order valence-electron chi connectivity index (χ1n) is 8.71. The molecule has 1 atom stereocenters. The molecule has 8 heteroatoms. The first-order valence-corrected chi connectivity index (χ1v) is 31.5. The van der Waals surface area contributed by atoms with Gasteiger partial charge in [-0.3, -0.25) is 0 Å². The zero-order chi connectivity index (χ0) is 18.0. The van der Waals surface area contributed by atoms with E-state index < -0.39 is 44.1 Å². The first kappa shape index (κ1) is 21.3. The summed E-state index contributed by atoms with van der Waals surface area (Å²) in [6, 6.07) is 0. The fourth-order valence-electron chi connectivity index (χ4n) is 3.93. The monoisotopic (exact) mass is 408 g/mol. The van der Waals surface area contributed by atoms with Gasteiger partial charge in [-0.05, 0) is 20.0 Å². The van der Waals surface area contributed by atoms with Gasteiger partial charge in [-0.2, -0.15) is 0 Å². The van der Waals surface area contributed by atoms with Crippen LogP contribution in [0.25, 0.3) is 0 Å².